The highest BCUT2D eigenvalue weighted by Gasteiger charge is 2.27. The number of benzene rings is 1. The first kappa shape index (κ1) is 13.0. The number of rotatable bonds is 3. The Bertz CT molecular complexity index is 475. The minimum absolute atomic E-state index is 0.0990. The monoisotopic (exact) mass is 265 g/mol. The molecule has 0 saturated heterocycles. The third kappa shape index (κ3) is 2.85. The van der Waals surface area contributed by atoms with Gasteiger partial charge in [-0.05, 0) is 31.4 Å². The van der Waals surface area contributed by atoms with Crippen LogP contribution >= 0.6 is 11.8 Å². The van der Waals surface area contributed by atoms with Gasteiger partial charge in [-0.15, -0.1) is 11.8 Å². The SMILES string of the molecule is C[C@@H](S[C@@H]1CCc2ccccc2NC1=O)C(=O)O. The van der Waals surface area contributed by atoms with Gasteiger partial charge in [0.15, 0.2) is 0 Å². The van der Waals surface area contributed by atoms with Gasteiger partial charge in [-0.1, -0.05) is 18.2 Å². The van der Waals surface area contributed by atoms with E-state index in [9.17, 15) is 9.59 Å². The molecule has 1 aliphatic rings. The summed E-state index contributed by atoms with van der Waals surface area (Å²) in [5, 5.41) is 10.9. The van der Waals surface area contributed by atoms with Gasteiger partial charge >= 0.3 is 5.97 Å². The third-order valence-electron chi connectivity index (χ3n) is 2.96. The highest BCUT2D eigenvalue weighted by atomic mass is 32.2. The molecule has 96 valence electrons. The molecule has 1 heterocycles. The van der Waals surface area contributed by atoms with Gasteiger partial charge in [-0.25, -0.2) is 0 Å². The van der Waals surface area contributed by atoms with E-state index in [1.165, 1.54) is 11.8 Å². The Morgan fingerprint density at radius 1 is 1.50 bits per heavy atom. The number of amides is 1. The number of hydrogen-bond donors (Lipinski definition) is 2. The lowest BCUT2D eigenvalue weighted by Crippen LogP contribution is -2.27. The molecule has 1 aromatic rings. The predicted molar refractivity (Wildman–Crippen MR) is 71.9 cm³/mol. The molecule has 0 saturated carbocycles. The number of anilines is 1. The molecule has 0 aliphatic carbocycles. The third-order valence-corrected chi connectivity index (χ3v) is 4.35. The fourth-order valence-corrected chi connectivity index (χ4v) is 2.97. The van der Waals surface area contributed by atoms with E-state index in [0.717, 1.165) is 17.7 Å². The molecule has 1 aliphatic heterocycles. The number of aryl methyl sites for hydroxylation is 1. The van der Waals surface area contributed by atoms with Crippen molar-refractivity contribution >= 4 is 29.3 Å². The Morgan fingerprint density at radius 3 is 2.94 bits per heavy atom. The second kappa shape index (κ2) is 5.44. The van der Waals surface area contributed by atoms with Crippen molar-refractivity contribution < 1.29 is 14.7 Å². The second-order valence-electron chi connectivity index (χ2n) is 4.29. The number of aliphatic carboxylic acids is 1. The van der Waals surface area contributed by atoms with Crippen molar-refractivity contribution in [2.45, 2.75) is 30.3 Å². The fourth-order valence-electron chi connectivity index (χ4n) is 1.93. The summed E-state index contributed by atoms with van der Waals surface area (Å²) >= 11 is 1.21. The number of nitrogens with one attached hydrogen (secondary N) is 1. The lowest BCUT2D eigenvalue weighted by atomic mass is 10.1. The van der Waals surface area contributed by atoms with Crippen molar-refractivity contribution in [2.24, 2.45) is 0 Å². The summed E-state index contributed by atoms with van der Waals surface area (Å²) < 4.78 is 0. The number of hydrogen-bond acceptors (Lipinski definition) is 3. The first-order chi connectivity index (χ1) is 8.58. The maximum atomic E-state index is 12.0. The fraction of sp³-hybridized carbons (Fsp3) is 0.385. The van der Waals surface area contributed by atoms with Crippen LogP contribution in [-0.4, -0.2) is 27.5 Å². The van der Waals surface area contributed by atoms with E-state index in [4.69, 9.17) is 5.11 Å². The van der Waals surface area contributed by atoms with Crippen molar-refractivity contribution in [3.8, 4) is 0 Å². The summed E-state index contributed by atoms with van der Waals surface area (Å²) in [4.78, 5) is 22.8. The van der Waals surface area contributed by atoms with Crippen molar-refractivity contribution in [3.63, 3.8) is 0 Å². The van der Waals surface area contributed by atoms with Crippen LogP contribution in [0.2, 0.25) is 0 Å². The first-order valence-electron chi connectivity index (χ1n) is 5.85. The van der Waals surface area contributed by atoms with E-state index in [1.54, 1.807) is 6.92 Å². The lowest BCUT2D eigenvalue weighted by molar-refractivity contribution is -0.136. The molecular formula is C13H15NO3S. The molecule has 2 atom stereocenters. The van der Waals surface area contributed by atoms with Gasteiger partial charge < -0.3 is 10.4 Å². The molecule has 18 heavy (non-hydrogen) atoms. The first-order valence-corrected chi connectivity index (χ1v) is 6.79. The minimum atomic E-state index is -0.880. The van der Waals surface area contributed by atoms with E-state index >= 15 is 0 Å². The lowest BCUT2D eigenvalue weighted by Gasteiger charge is -2.15. The highest BCUT2D eigenvalue weighted by molar-refractivity contribution is 8.01. The molecule has 1 aromatic carbocycles. The minimum Gasteiger partial charge on any atom is -0.480 e. The van der Waals surface area contributed by atoms with Gasteiger partial charge in [-0.2, -0.15) is 0 Å². The molecule has 0 spiro atoms. The van der Waals surface area contributed by atoms with Crippen LogP contribution in [-0.2, 0) is 16.0 Å². The summed E-state index contributed by atoms with van der Waals surface area (Å²) in [6, 6.07) is 7.69. The Hall–Kier alpha value is -1.49. The molecular weight excluding hydrogens is 250 g/mol. The average Bonchev–Trinajstić information content (AvgIpc) is 2.49. The topological polar surface area (TPSA) is 66.4 Å². The largest absolute Gasteiger partial charge is 0.480 e. The molecule has 4 nitrogen and oxygen atoms in total. The van der Waals surface area contributed by atoms with Gasteiger partial charge in [0.1, 0.15) is 5.25 Å². The Kier molecular flexibility index (Phi) is 3.91. The number of carboxylic acid groups (broad SMARTS) is 1. The van der Waals surface area contributed by atoms with Crippen LogP contribution in [0.25, 0.3) is 0 Å². The van der Waals surface area contributed by atoms with Crippen LogP contribution in [0.15, 0.2) is 24.3 Å². The quantitative estimate of drug-likeness (QED) is 0.878. The van der Waals surface area contributed by atoms with Gasteiger partial charge in [0.25, 0.3) is 0 Å². The Balaban J connectivity index is 2.10. The molecule has 0 aromatic heterocycles. The zero-order valence-corrected chi connectivity index (χ0v) is 10.9. The number of fused-ring (bicyclic) bond motifs is 1. The van der Waals surface area contributed by atoms with E-state index < -0.39 is 11.2 Å². The normalized spacial score (nSPS) is 20.5. The van der Waals surface area contributed by atoms with Crippen LogP contribution in [0.5, 0.6) is 0 Å². The number of para-hydroxylation sites is 1. The highest BCUT2D eigenvalue weighted by Crippen LogP contribution is 2.29. The van der Waals surface area contributed by atoms with E-state index in [2.05, 4.69) is 5.32 Å². The van der Waals surface area contributed by atoms with Gasteiger partial charge in [0.05, 0.1) is 5.25 Å². The van der Waals surface area contributed by atoms with Gasteiger partial charge in [0.2, 0.25) is 5.91 Å². The summed E-state index contributed by atoms with van der Waals surface area (Å²) in [6.07, 6.45) is 1.46. The smallest absolute Gasteiger partial charge is 0.316 e. The van der Waals surface area contributed by atoms with Crippen molar-refractivity contribution in [1.82, 2.24) is 0 Å². The van der Waals surface area contributed by atoms with Crippen molar-refractivity contribution in [3.05, 3.63) is 29.8 Å². The molecule has 0 bridgehead atoms. The zero-order chi connectivity index (χ0) is 13.1. The number of carboxylic acids is 1. The van der Waals surface area contributed by atoms with Crippen LogP contribution in [0, 0.1) is 0 Å². The molecule has 2 N–H and O–H groups in total. The predicted octanol–water partition coefficient (Wildman–Crippen LogP) is 2.15. The standard InChI is InChI=1S/C13H15NO3S/c1-8(13(16)17)18-11-7-6-9-4-2-3-5-10(9)14-12(11)15/h2-5,8,11H,6-7H2,1H3,(H,14,15)(H,16,17)/t8-,11-/m1/s1. The van der Waals surface area contributed by atoms with Crippen molar-refractivity contribution in [1.29, 1.82) is 0 Å². The Morgan fingerprint density at radius 2 is 2.22 bits per heavy atom. The van der Waals surface area contributed by atoms with E-state index in [1.807, 2.05) is 24.3 Å². The maximum Gasteiger partial charge on any atom is 0.316 e. The summed E-state index contributed by atoms with van der Waals surface area (Å²) in [5.74, 6) is -0.979. The number of thioether (sulfide) groups is 1. The molecule has 5 heteroatoms. The molecule has 0 unspecified atom stereocenters. The molecule has 2 rings (SSSR count). The Labute approximate surface area is 110 Å². The van der Waals surface area contributed by atoms with Crippen LogP contribution < -0.4 is 5.32 Å². The van der Waals surface area contributed by atoms with Gasteiger partial charge in [-0.3, -0.25) is 9.59 Å². The van der Waals surface area contributed by atoms with Crippen molar-refractivity contribution in [2.75, 3.05) is 5.32 Å². The second-order valence-corrected chi connectivity index (χ2v) is 5.84. The van der Waals surface area contributed by atoms with E-state index in [-0.39, 0.29) is 11.2 Å². The average molecular weight is 265 g/mol. The van der Waals surface area contributed by atoms with Crippen LogP contribution in [0.3, 0.4) is 0 Å². The molecule has 0 radical (unpaired) electrons. The molecule has 1 amide bonds. The maximum absolute atomic E-state index is 12.0. The van der Waals surface area contributed by atoms with E-state index in [0.29, 0.717) is 6.42 Å². The van der Waals surface area contributed by atoms with Crippen LogP contribution in [0.4, 0.5) is 5.69 Å². The summed E-state index contributed by atoms with van der Waals surface area (Å²) in [7, 11) is 0. The van der Waals surface area contributed by atoms with Gasteiger partial charge in [0, 0.05) is 5.69 Å². The zero-order valence-electron chi connectivity index (χ0n) is 10.1. The molecule has 0 fully saturated rings. The summed E-state index contributed by atoms with van der Waals surface area (Å²) in [5.41, 5.74) is 1.95. The summed E-state index contributed by atoms with van der Waals surface area (Å²) in [6.45, 7) is 1.61. The number of carbonyl (C=O) groups excluding carboxylic acids is 1. The van der Waals surface area contributed by atoms with Crippen LogP contribution in [0.1, 0.15) is 18.9 Å². The number of carbonyl (C=O) groups is 2.